The molecule has 0 amide bonds. The van der Waals surface area contributed by atoms with E-state index in [9.17, 15) is 0 Å². The Morgan fingerprint density at radius 2 is 2.21 bits per heavy atom. The second-order valence-electron chi connectivity index (χ2n) is 5.44. The van der Waals surface area contributed by atoms with Gasteiger partial charge in [-0.3, -0.25) is 0 Å². The molecule has 4 heteroatoms. The van der Waals surface area contributed by atoms with E-state index in [1.54, 1.807) is 0 Å². The van der Waals surface area contributed by atoms with Crippen LogP contribution >= 0.6 is 0 Å². The summed E-state index contributed by atoms with van der Waals surface area (Å²) in [6.45, 7) is 6.11. The molecule has 4 nitrogen and oxygen atoms in total. The summed E-state index contributed by atoms with van der Waals surface area (Å²) in [4.78, 5) is 2.19. The lowest BCUT2D eigenvalue weighted by Gasteiger charge is -2.25. The molecule has 2 rings (SSSR count). The van der Waals surface area contributed by atoms with E-state index in [1.807, 2.05) is 0 Å². The highest BCUT2D eigenvalue weighted by Crippen LogP contribution is 2.29. The van der Waals surface area contributed by atoms with Gasteiger partial charge < -0.3 is 20.3 Å². The Hall–Kier alpha value is -1.26. The molecule has 1 aromatic rings. The number of benzene rings is 1. The molecule has 1 aromatic carbocycles. The van der Waals surface area contributed by atoms with Crippen molar-refractivity contribution in [3.8, 4) is 5.75 Å². The molecule has 19 heavy (non-hydrogen) atoms. The fourth-order valence-corrected chi connectivity index (χ4v) is 2.15. The quantitative estimate of drug-likeness (QED) is 0.764. The summed E-state index contributed by atoms with van der Waals surface area (Å²) in [6.07, 6.45) is 1.31. The molecule has 1 heterocycles. The number of hydrogen-bond acceptors (Lipinski definition) is 4. The molecule has 0 radical (unpaired) electrons. The maximum atomic E-state index is 5.77. The van der Waals surface area contributed by atoms with E-state index in [2.05, 4.69) is 54.8 Å². The van der Waals surface area contributed by atoms with Crippen LogP contribution in [0.2, 0.25) is 0 Å². The van der Waals surface area contributed by atoms with Crippen LogP contribution in [0.4, 0.5) is 5.69 Å². The van der Waals surface area contributed by atoms with E-state index in [4.69, 9.17) is 4.74 Å². The predicted molar refractivity (Wildman–Crippen MR) is 80.1 cm³/mol. The molecule has 2 N–H and O–H groups in total. The fourth-order valence-electron chi connectivity index (χ4n) is 2.15. The standard InChI is InChI=1S/C15H25N3O/c1-12-11-17-14-10-13(4-5-15(14)19-12)6-7-16-8-9-18(2)3/h4-5,10,12,16-17H,6-9,11H2,1-3H3. The summed E-state index contributed by atoms with van der Waals surface area (Å²) in [5, 5.41) is 6.88. The first-order chi connectivity index (χ1) is 9.15. The van der Waals surface area contributed by atoms with Crippen LogP contribution in [0.1, 0.15) is 12.5 Å². The summed E-state index contributed by atoms with van der Waals surface area (Å²) in [5.41, 5.74) is 2.48. The third-order valence-electron chi connectivity index (χ3n) is 3.28. The number of rotatable bonds is 6. The highest BCUT2D eigenvalue weighted by Gasteiger charge is 2.14. The monoisotopic (exact) mass is 263 g/mol. The molecule has 0 bridgehead atoms. The summed E-state index contributed by atoms with van der Waals surface area (Å²) < 4.78 is 5.77. The molecule has 0 aromatic heterocycles. The normalized spacial score (nSPS) is 17.8. The molecule has 0 fully saturated rings. The second kappa shape index (κ2) is 6.78. The number of ether oxygens (including phenoxy) is 1. The second-order valence-corrected chi connectivity index (χ2v) is 5.44. The van der Waals surface area contributed by atoms with E-state index in [0.717, 1.165) is 44.0 Å². The van der Waals surface area contributed by atoms with Gasteiger partial charge >= 0.3 is 0 Å². The lowest BCUT2D eigenvalue weighted by atomic mass is 10.1. The van der Waals surface area contributed by atoms with E-state index < -0.39 is 0 Å². The first-order valence-electron chi connectivity index (χ1n) is 7.04. The lowest BCUT2D eigenvalue weighted by molar-refractivity contribution is 0.226. The zero-order chi connectivity index (χ0) is 13.7. The van der Waals surface area contributed by atoms with E-state index in [0.29, 0.717) is 0 Å². The van der Waals surface area contributed by atoms with Gasteiger partial charge in [0.05, 0.1) is 12.2 Å². The van der Waals surface area contributed by atoms with Gasteiger partial charge in [-0.25, -0.2) is 0 Å². The minimum atomic E-state index is 0.256. The number of nitrogens with one attached hydrogen (secondary N) is 2. The topological polar surface area (TPSA) is 36.5 Å². The lowest BCUT2D eigenvalue weighted by Crippen LogP contribution is -2.28. The molecule has 1 unspecified atom stereocenters. The first-order valence-corrected chi connectivity index (χ1v) is 7.04. The van der Waals surface area contributed by atoms with Crippen molar-refractivity contribution >= 4 is 5.69 Å². The number of anilines is 1. The van der Waals surface area contributed by atoms with Crippen molar-refractivity contribution in [1.82, 2.24) is 10.2 Å². The van der Waals surface area contributed by atoms with Gasteiger partial charge in [0.25, 0.3) is 0 Å². The largest absolute Gasteiger partial charge is 0.487 e. The van der Waals surface area contributed by atoms with Crippen molar-refractivity contribution in [2.45, 2.75) is 19.4 Å². The summed E-state index contributed by atoms with van der Waals surface area (Å²) in [7, 11) is 4.19. The molecule has 0 aliphatic carbocycles. The highest BCUT2D eigenvalue weighted by atomic mass is 16.5. The molecule has 106 valence electrons. The highest BCUT2D eigenvalue weighted by molar-refractivity contribution is 5.59. The van der Waals surface area contributed by atoms with Crippen LogP contribution < -0.4 is 15.4 Å². The van der Waals surface area contributed by atoms with Gasteiger partial charge in [-0.2, -0.15) is 0 Å². The van der Waals surface area contributed by atoms with Crippen molar-refractivity contribution in [3.63, 3.8) is 0 Å². The molecular formula is C15H25N3O. The van der Waals surface area contributed by atoms with E-state index >= 15 is 0 Å². The van der Waals surface area contributed by atoms with Crippen LogP contribution in [-0.4, -0.2) is 51.3 Å². The van der Waals surface area contributed by atoms with Crippen molar-refractivity contribution < 1.29 is 4.74 Å². The Balaban J connectivity index is 1.79. The SMILES string of the molecule is CC1CNc2cc(CCNCCN(C)C)ccc2O1. The Labute approximate surface area is 116 Å². The van der Waals surface area contributed by atoms with Gasteiger partial charge in [0.1, 0.15) is 11.9 Å². The predicted octanol–water partition coefficient (Wildman–Crippen LogP) is 1.57. The minimum absolute atomic E-state index is 0.256. The number of hydrogen-bond donors (Lipinski definition) is 2. The van der Waals surface area contributed by atoms with Crippen LogP contribution in [0.3, 0.4) is 0 Å². The van der Waals surface area contributed by atoms with Crippen LogP contribution in [0, 0.1) is 0 Å². The minimum Gasteiger partial charge on any atom is -0.487 e. The van der Waals surface area contributed by atoms with Crippen molar-refractivity contribution in [1.29, 1.82) is 0 Å². The first kappa shape index (κ1) is 14.2. The molecule has 0 spiro atoms. The molecule has 0 saturated carbocycles. The maximum absolute atomic E-state index is 5.77. The molecule has 1 atom stereocenters. The zero-order valence-corrected chi connectivity index (χ0v) is 12.2. The number of likely N-dealkylation sites (N-methyl/N-ethyl adjacent to an activating group) is 1. The van der Waals surface area contributed by atoms with Crippen LogP contribution in [0.5, 0.6) is 5.75 Å². The van der Waals surface area contributed by atoms with Crippen LogP contribution in [-0.2, 0) is 6.42 Å². The smallest absolute Gasteiger partial charge is 0.142 e. The average molecular weight is 263 g/mol. The molecule has 1 aliphatic heterocycles. The summed E-state index contributed by atoms with van der Waals surface area (Å²) in [5.74, 6) is 0.975. The van der Waals surface area contributed by atoms with Gasteiger partial charge in [0.15, 0.2) is 0 Å². The Bertz CT molecular complexity index is 406. The number of fused-ring (bicyclic) bond motifs is 1. The van der Waals surface area contributed by atoms with Crippen molar-refractivity contribution in [2.75, 3.05) is 45.6 Å². The van der Waals surface area contributed by atoms with E-state index in [1.165, 1.54) is 5.56 Å². The van der Waals surface area contributed by atoms with Gasteiger partial charge in [-0.05, 0) is 51.7 Å². The van der Waals surface area contributed by atoms with E-state index in [-0.39, 0.29) is 6.10 Å². The van der Waals surface area contributed by atoms with Crippen molar-refractivity contribution in [2.24, 2.45) is 0 Å². The zero-order valence-electron chi connectivity index (χ0n) is 12.2. The molecule has 0 saturated heterocycles. The summed E-state index contributed by atoms with van der Waals surface area (Å²) >= 11 is 0. The van der Waals surface area contributed by atoms with Crippen molar-refractivity contribution in [3.05, 3.63) is 23.8 Å². The molecule has 1 aliphatic rings. The third kappa shape index (κ3) is 4.40. The van der Waals surface area contributed by atoms with Crippen LogP contribution in [0.15, 0.2) is 18.2 Å². The van der Waals surface area contributed by atoms with Gasteiger partial charge in [0.2, 0.25) is 0 Å². The average Bonchev–Trinajstić information content (AvgIpc) is 2.38. The van der Waals surface area contributed by atoms with Gasteiger partial charge in [-0.1, -0.05) is 6.07 Å². The number of nitrogens with zero attached hydrogens (tertiary/aromatic N) is 1. The Morgan fingerprint density at radius 1 is 1.37 bits per heavy atom. The third-order valence-corrected chi connectivity index (χ3v) is 3.28. The van der Waals surface area contributed by atoms with Crippen LogP contribution in [0.25, 0.3) is 0 Å². The fraction of sp³-hybridized carbons (Fsp3) is 0.600. The summed E-state index contributed by atoms with van der Waals surface area (Å²) in [6, 6.07) is 6.44. The Morgan fingerprint density at radius 3 is 3.00 bits per heavy atom. The van der Waals surface area contributed by atoms with Gasteiger partial charge in [-0.15, -0.1) is 0 Å². The Kier molecular flexibility index (Phi) is 5.05. The van der Waals surface area contributed by atoms with Gasteiger partial charge in [0, 0.05) is 13.1 Å². The molecular weight excluding hydrogens is 238 g/mol. The maximum Gasteiger partial charge on any atom is 0.142 e.